The van der Waals surface area contributed by atoms with Crippen LogP contribution < -0.4 is 10.1 Å². The van der Waals surface area contributed by atoms with Gasteiger partial charge in [0.2, 0.25) is 5.91 Å². The molecule has 5 heteroatoms. The molecule has 0 aromatic heterocycles. The fraction of sp³-hybridized carbons (Fsp3) is 0.263. The fourth-order valence-corrected chi connectivity index (χ4v) is 3.17. The Kier molecular flexibility index (Phi) is 3.30. The molecule has 2 aromatic rings. The zero-order chi connectivity index (χ0) is 16.7. The van der Waals surface area contributed by atoms with Gasteiger partial charge in [0.1, 0.15) is 11.5 Å². The van der Waals surface area contributed by atoms with E-state index < -0.39 is 17.3 Å². The average Bonchev–Trinajstić information content (AvgIpc) is 3.39. The van der Waals surface area contributed by atoms with Crippen LogP contribution >= 0.6 is 0 Å². The molecule has 0 atom stereocenters. The predicted molar refractivity (Wildman–Crippen MR) is 87.1 cm³/mol. The third-order valence-electron chi connectivity index (χ3n) is 4.85. The van der Waals surface area contributed by atoms with Crippen molar-refractivity contribution in [2.24, 2.45) is 5.41 Å². The molecule has 2 N–H and O–H groups in total. The van der Waals surface area contributed by atoms with Gasteiger partial charge in [-0.2, -0.15) is 0 Å². The zero-order valence-corrected chi connectivity index (χ0v) is 13.0. The minimum Gasteiger partial charge on any atom is -0.481 e. The summed E-state index contributed by atoms with van der Waals surface area (Å²) >= 11 is 0. The van der Waals surface area contributed by atoms with Gasteiger partial charge in [-0.25, -0.2) is 0 Å². The highest BCUT2D eigenvalue weighted by Crippen LogP contribution is 2.46. The number of hydrogen-bond donors (Lipinski definition) is 2. The molecule has 2 aliphatic rings. The molecule has 4 rings (SSSR count). The molecule has 1 heterocycles. The van der Waals surface area contributed by atoms with Gasteiger partial charge in [-0.05, 0) is 25.0 Å². The number of carbonyl (C=O) groups is 2. The van der Waals surface area contributed by atoms with E-state index in [1.165, 1.54) is 0 Å². The highest BCUT2D eigenvalue weighted by atomic mass is 16.5. The van der Waals surface area contributed by atoms with Gasteiger partial charge in [-0.15, -0.1) is 0 Å². The number of carbonyl (C=O) groups excluding carboxylic acids is 1. The lowest BCUT2D eigenvalue weighted by atomic mass is 9.87. The number of ether oxygens (including phenoxy) is 1. The lowest BCUT2D eigenvalue weighted by Gasteiger charge is -2.27. The Morgan fingerprint density at radius 2 is 1.58 bits per heavy atom. The summed E-state index contributed by atoms with van der Waals surface area (Å²) in [4.78, 5) is 24.2. The van der Waals surface area contributed by atoms with Crippen LogP contribution in [0.15, 0.2) is 48.5 Å². The smallest absolute Gasteiger partial charge is 0.311 e. The fourth-order valence-electron chi connectivity index (χ4n) is 3.17. The van der Waals surface area contributed by atoms with Crippen molar-refractivity contribution in [2.45, 2.75) is 18.8 Å². The Morgan fingerprint density at radius 1 is 1.04 bits per heavy atom. The normalized spacial score (nSPS) is 17.2. The molecule has 5 nitrogen and oxygen atoms in total. The zero-order valence-electron chi connectivity index (χ0n) is 13.0. The Hall–Kier alpha value is -2.82. The van der Waals surface area contributed by atoms with Crippen molar-refractivity contribution in [3.8, 4) is 11.5 Å². The number of nitrogens with one attached hydrogen (secondary N) is 1. The van der Waals surface area contributed by atoms with Crippen molar-refractivity contribution < 1.29 is 19.4 Å². The first-order valence-corrected chi connectivity index (χ1v) is 7.98. The Bertz CT molecular complexity index is 780. The van der Waals surface area contributed by atoms with Crippen LogP contribution in [0.2, 0.25) is 0 Å². The molecule has 1 fully saturated rings. The van der Waals surface area contributed by atoms with Gasteiger partial charge < -0.3 is 15.2 Å². The van der Waals surface area contributed by atoms with Crippen LogP contribution in [0.25, 0.3) is 0 Å². The van der Waals surface area contributed by atoms with Crippen LogP contribution in [0.1, 0.15) is 29.9 Å². The first-order valence-electron chi connectivity index (χ1n) is 7.98. The largest absolute Gasteiger partial charge is 0.481 e. The molecule has 122 valence electrons. The Balaban J connectivity index is 1.64. The van der Waals surface area contributed by atoms with Gasteiger partial charge in [0, 0.05) is 17.7 Å². The van der Waals surface area contributed by atoms with Crippen LogP contribution in [-0.2, 0) is 9.59 Å². The topological polar surface area (TPSA) is 75.6 Å². The summed E-state index contributed by atoms with van der Waals surface area (Å²) in [6.45, 7) is 0.170. The number of rotatable bonds is 4. The Morgan fingerprint density at radius 3 is 2.08 bits per heavy atom. The van der Waals surface area contributed by atoms with Crippen molar-refractivity contribution in [1.29, 1.82) is 0 Å². The molecule has 1 saturated carbocycles. The van der Waals surface area contributed by atoms with Gasteiger partial charge in [-0.1, -0.05) is 36.4 Å². The van der Waals surface area contributed by atoms with E-state index in [0.29, 0.717) is 24.3 Å². The van der Waals surface area contributed by atoms with E-state index in [1.54, 1.807) is 0 Å². The van der Waals surface area contributed by atoms with E-state index in [1.807, 2.05) is 48.5 Å². The van der Waals surface area contributed by atoms with Gasteiger partial charge in [0.05, 0.1) is 11.3 Å². The van der Waals surface area contributed by atoms with E-state index in [-0.39, 0.29) is 12.5 Å². The first-order chi connectivity index (χ1) is 11.6. The maximum atomic E-state index is 12.9. The summed E-state index contributed by atoms with van der Waals surface area (Å²) in [5.74, 6) is -0.191. The molecule has 2 aromatic carbocycles. The minimum absolute atomic E-state index is 0.170. The van der Waals surface area contributed by atoms with Crippen LogP contribution in [0.5, 0.6) is 11.5 Å². The van der Waals surface area contributed by atoms with Gasteiger partial charge in [0.25, 0.3) is 0 Å². The number of carboxylic acid groups (broad SMARTS) is 1. The number of carboxylic acids is 1. The van der Waals surface area contributed by atoms with Crippen LogP contribution in [0.4, 0.5) is 0 Å². The van der Waals surface area contributed by atoms with Crippen molar-refractivity contribution in [2.75, 3.05) is 6.54 Å². The van der Waals surface area contributed by atoms with Crippen LogP contribution in [0, 0.1) is 5.41 Å². The Labute approximate surface area is 139 Å². The summed E-state index contributed by atoms with van der Waals surface area (Å²) in [6.07, 6.45) is 1.23. The van der Waals surface area contributed by atoms with Crippen LogP contribution in [0.3, 0.4) is 0 Å². The average molecular weight is 323 g/mol. The predicted octanol–water partition coefficient (Wildman–Crippen LogP) is 2.91. The molecule has 1 aliphatic carbocycles. The maximum absolute atomic E-state index is 12.9. The van der Waals surface area contributed by atoms with Crippen molar-refractivity contribution in [1.82, 2.24) is 5.32 Å². The summed E-state index contributed by atoms with van der Waals surface area (Å²) in [6, 6.07) is 14.9. The quantitative estimate of drug-likeness (QED) is 0.907. The first kappa shape index (κ1) is 14.8. The molecule has 0 radical (unpaired) electrons. The molecule has 0 saturated heterocycles. The summed E-state index contributed by atoms with van der Waals surface area (Å²) in [5, 5.41) is 12.1. The second-order valence-electron chi connectivity index (χ2n) is 6.41. The van der Waals surface area contributed by atoms with Crippen LogP contribution in [-0.4, -0.2) is 23.5 Å². The number of fused-ring (bicyclic) bond motifs is 2. The standard InChI is InChI=1S/C19H17NO4/c21-17(20-11-19(9-10-19)18(22)23)16-12-5-1-3-7-14(12)24-15-8-4-2-6-13(15)16/h1-8,16H,9-11H2,(H,20,21)(H,22,23). The molecular formula is C19H17NO4. The minimum atomic E-state index is -0.837. The number of para-hydroxylation sites is 2. The summed E-state index contributed by atoms with van der Waals surface area (Å²) in [7, 11) is 0. The van der Waals surface area contributed by atoms with E-state index in [2.05, 4.69) is 5.32 Å². The van der Waals surface area contributed by atoms with Crippen molar-refractivity contribution in [3.05, 3.63) is 59.7 Å². The lowest BCUT2D eigenvalue weighted by molar-refractivity contribution is -0.143. The number of amides is 1. The monoisotopic (exact) mass is 323 g/mol. The third kappa shape index (κ3) is 2.33. The molecule has 1 amide bonds. The van der Waals surface area contributed by atoms with E-state index in [9.17, 15) is 14.7 Å². The number of benzene rings is 2. The highest BCUT2D eigenvalue weighted by Gasteiger charge is 2.50. The van der Waals surface area contributed by atoms with E-state index in [0.717, 1.165) is 11.1 Å². The molecular weight excluding hydrogens is 306 g/mol. The molecule has 1 aliphatic heterocycles. The van der Waals surface area contributed by atoms with Crippen molar-refractivity contribution in [3.63, 3.8) is 0 Å². The maximum Gasteiger partial charge on any atom is 0.311 e. The summed E-state index contributed by atoms with van der Waals surface area (Å²) < 4.78 is 5.88. The second-order valence-corrected chi connectivity index (χ2v) is 6.41. The summed E-state index contributed by atoms with van der Waals surface area (Å²) in [5.41, 5.74) is 0.822. The second kappa shape index (κ2) is 5.37. The SMILES string of the molecule is O=C(NCC1(C(=O)O)CC1)C1c2ccccc2Oc2ccccc21. The highest BCUT2D eigenvalue weighted by molar-refractivity contribution is 5.90. The molecule has 0 unspecified atom stereocenters. The van der Waals surface area contributed by atoms with Crippen molar-refractivity contribution >= 4 is 11.9 Å². The van der Waals surface area contributed by atoms with Gasteiger partial charge >= 0.3 is 5.97 Å². The molecule has 24 heavy (non-hydrogen) atoms. The van der Waals surface area contributed by atoms with E-state index in [4.69, 9.17) is 4.74 Å². The third-order valence-corrected chi connectivity index (χ3v) is 4.85. The van der Waals surface area contributed by atoms with Gasteiger partial charge in [-0.3, -0.25) is 9.59 Å². The molecule has 0 bridgehead atoms. The number of hydrogen-bond acceptors (Lipinski definition) is 3. The van der Waals surface area contributed by atoms with Gasteiger partial charge in [0.15, 0.2) is 0 Å². The lowest BCUT2D eigenvalue weighted by Crippen LogP contribution is -2.38. The molecule has 0 spiro atoms. The van der Waals surface area contributed by atoms with E-state index >= 15 is 0 Å². The number of aliphatic carboxylic acids is 1.